The highest BCUT2D eigenvalue weighted by Crippen LogP contribution is 2.16. The lowest BCUT2D eigenvalue weighted by Gasteiger charge is -2.09. The SMILES string of the molecule is OC[C@@H]1CN[C@H](Cc2ccccc2)C1. The molecule has 0 spiro atoms. The molecule has 0 aromatic heterocycles. The molecule has 0 saturated carbocycles. The van der Waals surface area contributed by atoms with Crippen molar-refractivity contribution in [1.29, 1.82) is 0 Å². The molecule has 1 aromatic rings. The molecule has 0 unspecified atom stereocenters. The molecule has 1 aromatic carbocycles. The topological polar surface area (TPSA) is 32.3 Å². The van der Waals surface area contributed by atoms with Gasteiger partial charge in [-0.15, -0.1) is 0 Å². The first-order valence-corrected chi connectivity index (χ1v) is 5.26. The fraction of sp³-hybridized carbons (Fsp3) is 0.500. The second kappa shape index (κ2) is 4.58. The molecule has 0 radical (unpaired) electrons. The van der Waals surface area contributed by atoms with E-state index in [1.165, 1.54) is 5.56 Å². The normalized spacial score (nSPS) is 26.6. The van der Waals surface area contributed by atoms with E-state index >= 15 is 0 Å². The lowest BCUT2D eigenvalue weighted by atomic mass is 10.0. The van der Waals surface area contributed by atoms with Gasteiger partial charge in [-0.2, -0.15) is 0 Å². The molecule has 0 amide bonds. The van der Waals surface area contributed by atoms with Crippen molar-refractivity contribution in [2.24, 2.45) is 5.92 Å². The van der Waals surface area contributed by atoms with Crippen molar-refractivity contribution in [3.8, 4) is 0 Å². The van der Waals surface area contributed by atoms with Crippen LogP contribution in [0.4, 0.5) is 0 Å². The summed E-state index contributed by atoms with van der Waals surface area (Å²) in [6.45, 7) is 1.28. The molecule has 1 saturated heterocycles. The summed E-state index contributed by atoms with van der Waals surface area (Å²) in [5.41, 5.74) is 1.38. The van der Waals surface area contributed by atoms with Crippen molar-refractivity contribution < 1.29 is 5.11 Å². The molecule has 2 rings (SSSR count). The molecule has 1 aliphatic heterocycles. The first kappa shape index (κ1) is 9.69. The van der Waals surface area contributed by atoms with Gasteiger partial charge in [0.1, 0.15) is 0 Å². The summed E-state index contributed by atoms with van der Waals surface area (Å²) < 4.78 is 0. The largest absolute Gasteiger partial charge is 0.396 e. The minimum absolute atomic E-state index is 0.318. The molecule has 2 heteroatoms. The molecule has 2 atom stereocenters. The van der Waals surface area contributed by atoms with Crippen molar-refractivity contribution in [2.45, 2.75) is 18.9 Å². The number of rotatable bonds is 3. The Balaban J connectivity index is 1.88. The van der Waals surface area contributed by atoms with Gasteiger partial charge in [-0.3, -0.25) is 0 Å². The van der Waals surface area contributed by atoms with Gasteiger partial charge in [0, 0.05) is 19.2 Å². The highest BCUT2D eigenvalue weighted by molar-refractivity contribution is 5.16. The van der Waals surface area contributed by atoms with Crippen LogP contribution < -0.4 is 5.32 Å². The number of aliphatic hydroxyl groups excluding tert-OH is 1. The number of benzene rings is 1. The highest BCUT2D eigenvalue weighted by Gasteiger charge is 2.22. The Morgan fingerprint density at radius 2 is 2.07 bits per heavy atom. The highest BCUT2D eigenvalue weighted by atomic mass is 16.3. The molecule has 2 N–H and O–H groups in total. The third kappa shape index (κ3) is 2.34. The minimum Gasteiger partial charge on any atom is -0.396 e. The predicted octanol–water partition coefficient (Wildman–Crippen LogP) is 1.20. The molecule has 14 heavy (non-hydrogen) atoms. The van der Waals surface area contributed by atoms with Crippen LogP contribution in [0.5, 0.6) is 0 Å². The van der Waals surface area contributed by atoms with E-state index in [0.29, 0.717) is 18.6 Å². The van der Waals surface area contributed by atoms with Crippen molar-refractivity contribution in [2.75, 3.05) is 13.2 Å². The Kier molecular flexibility index (Phi) is 3.17. The van der Waals surface area contributed by atoms with Gasteiger partial charge < -0.3 is 10.4 Å². The fourth-order valence-corrected chi connectivity index (χ4v) is 2.10. The summed E-state index contributed by atoms with van der Waals surface area (Å²) >= 11 is 0. The maximum atomic E-state index is 9.01. The van der Waals surface area contributed by atoms with Crippen LogP contribution in [0.3, 0.4) is 0 Å². The van der Waals surface area contributed by atoms with E-state index in [9.17, 15) is 0 Å². The molecule has 76 valence electrons. The lowest BCUT2D eigenvalue weighted by molar-refractivity contribution is 0.235. The smallest absolute Gasteiger partial charge is 0.0471 e. The van der Waals surface area contributed by atoms with E-state index in [1.54, 1.807) is 0 Å². The minimum atomic E-state index is 0.318. The van der Waals surface area contributed by atoms with Gasteiger partial charge in [-0.1, -0.05) is 30.3 Å². The van der Waals surface area contributed by atoms with Crippen molar-refractivity contribution in [3.63, 3.8) is 0 Å². The third-order valence-corrected chi connectivity index (χ3v) is 2.90. The Labute approximate surface area is 85.0 Å². The molecular weight excluding hydrogens is 174 g/mol. The van der Waals surface area contributed by atoms with E-state index in [-0.39, 0.29) is 0 Å². The summed E-state index contributed by atoms with van der Waals surface area (Å²) in [5, 5.41) is 12.5. The molecule has 2 nitrogen and oxygen atoms in total. The van der Waals surface area contributed by atoms with Crippen molar-refractivity contribution in [3.05, 3.63) is 35.9 Å². The van der Waals surface area contributed by atoms with E-state index in [0.717, 1.165) is 19.4 Å². The van der Waals surface area contributed by atoms with Crippen LogP contribution in [-0.4, -0.2) is 24.3 Å². The summed E-state index contributed by atoms with van der Waals surface area (Å²) in [6, 6.07) is 11.1. The van der Waals surface area contributed by atoms with Crippen LogP contribution in [0.2, 0.25) is 0 Å². The van der Waals surface area contributed by atoms with E-state index in [1.807, 2.05) is 6.07 Å². The van der Waals surface area contributed by atoms with Gasteiger partial charge >= 0.3 is 0 Å². The van der Waals surface area contributed by atoms with E-state index < -0.39 is 0 Å². The van der Waals surface area contributed by atoms with Gasteiger partial charge in [-0.25, -0.2) is 0 Å². The Hall–Kier alpha value is -0.860. The van der Waals surface area contributed by atoms with Crippen LogP contribution >= 0.6 is 0 Å². The van der Waals surface area contributed by atoms with Crippen molar-refractivity contribution >= 4 is 0 Å². The average Bonchev–Trinajstić information content (AvgIpc) is 2.67. The first-order chi connectivity index (χ1) is 6.88. The van der Waals surface area contributed by atoms with Gasteiger partial charge in [0.05, 0.1) is 0 Å². The standard InChI is InChI=1S/C12H17NO/c14-9-11-7-12(13-8-11)6-10-4-2-1-3-5-10/h1-5,11-14H,6-9H2/t11-,12+/m0/s1. The van der Waals surface area contributed by atoms with Crippen LogP contribution in [0.1, 0.15) is 12.0 Å². The number of hydrogen-bond donors (Lipinski definition) is 2. The maximum Gasteiger partial charge on any atom is 0.0471 e. The Bertz CT molecular complexity index is 273. The second-order valence-electron chi connectivity index (χ2n) is 4.08. The monoisotopic (exact) mass is 191 g/mol. The van der Waals surface area contributed by atoms with Crippen LogP contribution in [0, 0.1) is 5.92 Å². The van der Waals surface area contributed by atoms with E-state index in [4.69, 9.17) is 5.11 Å². The third-order valence-electron chi connectivity index (χ3n) is 2.90. The van der Waals surface area contributed by atoms with E-state index in [2.05, 4.69) is 29.6 Å². The summed E-state index contributed by atoms with van der Waals surface area (Å²) in [6.07, 6.45) is 2.18. The van der Waals surface area contributed by atoms with Crippen molar-refractivity contribution in [1.82, 2.24) is 5.32 Å². The van der Waals surface area contributed by atoms with Crippen LogP contribution in [0.15, 0.2) is 30.3 Å². The zero-order valence-corrected chi connectivity index (χ0v) is 8.32. The predicted molar refractivity (Wildman–Crippen MR) is 57.1 cm³/mol. The lowest BCUT2D eigenvalue weighted by Crippen LogP contribution is -2.23. The molecule has 1 heterocycles. The summed E-state index contributed by atoms with van der Waals surface area (Å²) in [5.74, 6) is 0.462. The van der Waals surface area contributed by atoms with Gasteiger partial charge in [0.25, 0.3) is 0 Å². The maximum absolute atomic E-state index is 9.01. The van der Waals surface area contributed by atoms with Crippen LogP contribution in [-0.2, 0) is 6.42 Å². The molecule has 1 aliphatic rings. The second-order valence-corrected chi connectivity index (χ2v) is 4.08. The first-order valence-electron chi connectivity index (χ1n) is 5.26. The zero-order chi connectivity index (χ0) is 9.80. The molecular formula is C12H17NO. The average molecular weight is 191 g/mol. The Morgan fingerprint density at radius 1 is 1.29 bits per heavy atom. The number of hydrogen-bond acceptors (Lipinski definition) is 2. The van der Waals surface area contributed by atoms with Gasteiger partial charge in [-0.05, 0) is 24.3 Å². The molecule has 0 aliphatic carbocycles. The number of aliphatic hydroxyl groups is 1. The molecule has 1 fully saturated rings. The quantitative estimate of drug-likeness (QED) is 0.752. The van der Waals surface area contributed by atoms with Gasteiger partial charge in [0.15, 0.2) is 0 Å². The van der Waals surface area contributed by atoms with Gasteiger partial charge in [0.2, 0.25) is 0 Å². The zero-order valence-electron chi connectivity index (χ0n) is 8.32. The fourth-order valence-electron chi connectivity index (χ4n) is 2.10. The Morgan fingerprint density at radius 3 is 2.71 bits per heavy atom. The van der Waals surface area contributed by atoms with Crippen LogP contribution in [0.25, 0.3) is 0 Å². The summed E-state index contributed by atoms with van der Waals surface area (Å²) in [7, 11) is 0. The summed E-state index contributed by atoms with van der Waals surface area (Å²) in [4.78, 5) is 0. The number of nitrogens with one attached hydrogen (secondary N) is 1. The molecule has 0 bridgehead atoms.